The number of amides is 1. The van der Waals surface area contributed by atoms with Crippen LogP contribution in [-0.4, -0.2) is 84.0 Å². The molecule has 220 valence electrons. The van der Waals surface area contributed by atoms with Crippen LogP contribution in [0.15, 0.2) is 30.6 Å². The van der Waals surface area contributed by atoms with Gasteiger partial charge in [-0.15, -0.1) is 0 Å². The summed E-state index contributed by atoms with van der Waals surface area (Å²) in [6, 6.07) is 4.75. The van der Waals surface area contributed by atoms with Crippen molar-refractivity contribution in [2.24, 2.45) is 0 Å². The van der Waals surface area contributed by atoms with Crippen molar-refractivity contribution < 1.29 is 23.8 Å². The lowest BCUT2D eigenvalue weighted by Gasteiger charge is -2.29. The van der Waals surface area contributed by atoms with E-state index < -0.39 is 36.1 Å². The second-order valence-electron chi connectivity index (χ2n) is 10.7. The Morgan fingerprint density at radius 3 is 2.77 bits per heavy atom. The summed E-state index contributed by atoms with van der Waals surface area (Å²) in [4.78, 5) is 35.9. The number of halogens is 2. The highest BCUT2D eigenvalue weighted by molar-refractivity contribution is 6.31. The topological polar surface area (TPSA) is 117 Å². The number of pyridine rings is 2. The third-order valence-corrected chi connectivity index (χ3v) is 7.73. The molecule has 40 heavy (non-hydrogen) atoms. The lowest BCUT2D eigenvalue weighted by molar-refractivity contribution is -0.143. The number of carbonyl (C=O) groups is 2. The molecule has 9 nitrogen and oxygen atoms in total. The maximum Gasteiger partial charge on any atom is 0.326 e. The Hall–Kier alpha value is -2.82. The number of ether oxygens (including phenoxy) is 1. The minimum absolute atomic E-state index is 0.155. The number of nitrogens with zero attached hydrogens (tertiary/aromatic N) is 3. The van der Waals surface area contributed by atoms with Crippen LogP contribution >= 0.6 is 11.6 Å². The quantitative estimate of drug-likeness (QED) is 0.256. The first kappa shape index (κ1) is 31.7. The minimum Gasteiger partial charge on any atom is -0.480 e. The van der Waals surface area contributed by atoms with E-state index in [9.17, 15) is 19.1 Å². The molecule has 1 aliphatic heterocycles. The fraction of sp³-hybridized carbons (Fsp3) is 0.586. The molecule has 1 amide bonds. The van der Waals surface area contributed by atoms with Gasteiger partial charge in [-0.05, 0) is 82.2 Å². The highest BCUT2D eigenvalue weighted by atomic mass is 35.5. The summed E-state index contributed by atoms with van der Waals surface area (Å²) in [6.07, 6.45) is 7.23. The predicted molar refractivity (Wildman–Crippen MR) is 154 cm³/mol. The molecule has 0 aliphatic carbocycles. The molecule has 2 unspecified atom stereocenters. The minimum atomic E-state index is -1.13. The monoisotopic (exact) mass is 577 g/mol. The maximum absolute atomic E-state index is 13.5. The van der Waals surface area contributed by atoms with Gasteiger partial charge in [0, 0.05) is 44.8 Å². The van der Waals surface area contributed by atoms with E-state index in [0.717, 1.165) is 50.2 Å². The van der Waals surface area contributed by atoms with Gasteiger partial charge in [0.2, 0.25) is 5.91 Å². The standard InChI is InChI=1S/C29H41ClFN5O4/c1-29(2,23-11-14-32-18-24(23)30)28(39)35-25(27(37)38)12-16-36(19-22(17-31)40-3)15-5-4-8-21-10-9-20-7-6-13-33-26(20)34-21/h9-11,14,18,22,25H,4-8,12-13,15-17,19H2,1-3H3,(H,33,34)(H,35,39)(H,37,38). The lowest BCUT2D eigenvalue weighted by atomic mass is 9.84. The van der Waals surface area contributed by atoms with Gasteiger partial charge in [0.15, 0.2) is 0 Å². The molecule has 11 heteroatoms. The van der Waals surface area contributed by atoms with Gasteiger partial charge in [0.25, 0.3) is 0 Å². The normalized spacial score (nSPS) is 14.8. The maximum atomic E-state index is 13.5. The summed E-state index contributed by atoms with van der Waals surface area (Å²) in [5.74, 6) is -0.608. The SMILES string of the molecule is COC(CF)CN(CCCCc1ccc2c(n1)NCCC2)CCC(NC(=O)C(C)(C)c1ccncc1Cl)C(=O)O. The molecule has 0 aromatic carbocycles. The largest absolute Gasteiger partial charge is 0.480 e. The molecule has 0 saturated heterocycles. The Labute approximate surface area is 240 Å². The van der Waals surface area contributed by atoms with Crippen molar-refractivity contribution in [2.45, 2.75) is 69.9 Å². The number of anilines is 1. The summed E-state index contributed by atoms with van der Waals surface area (Å²) in [5, 5.41) is 16.2. The molecule has 3 N–H and O–H groups in total. The Morgan fingerprint density at radius 1 is 1.27 bits per heavy atom. The second-order valence-corrected chi connectivity index (χ2v) is 11.2. The number of methoxy groups -OCH3 is 1. The number of nitrogens with one attached hydrogen (secondary N) is 2. The van der Waals surface area contributed by atoms with Gasteiger partial charge in [0.05, 0.1) is 16.5 Å². The van der Waals surface area contributed by atoms with E-state index in [1.807, 2.05) is 4.90 Å². The molecule has 0 fully saturated rings. The molecule has 3 rings (SSSR count). The van der Waals surface area contributed by atoms with E-state index in [1.54, 1.807) is 26.1 Å². The molecule has 3 heterocycles. The van der Waals surface area contributed by atoms with Crippen LogP contribution in [0.3, 0.4) is 0 Å². The number of carbonyl (C=O) groups excluding carboxylic acids is 1. The smallest absolute Gasteiger partial charge is 0.326 e. The number of aryl methyl sites for hydroxylation is 2. The van der Waals surface area contributed by atoms with Crippen LogP contribution < -0.4 is 10.6 Å². The van der Waals surface area contributed by atoms with Crippen molar-refractivity contribution in [1.82, 2.24) is 20.2 Å². The summed E-state index contributed by atoms with van der Waals surface area (Å²) >= 11 is 6.25. The molecule has 2 atom stereocenters. The third kappa shape index (κ3) is 8.84. The van der Waals surface area contributed by atoms with Crippen molar-refractivity contribution in [1.29, 1.82) is 0 Å². The molecular weight excluding hydrogens is 537 g/mol. The summed E-state index contributed by atoms with van der Waals surface area (Å²) in [6.45, 7) is 5.00. The van der Waals surface area contributed by atoms with Crippen LogP contribution in [-0.2, 0) is 32.6 Å². The number of unbranched alkanes of at least 4 members (excludes halogenated alkanes) is 1. The average Bonchev–Trinajstić information content (AvgIpc) is 2.95. The van der Waals surface area contributed by atoms with Crippen LogP contribution in [0.1, 0.15) is 56.4 Å². The van der Waals surface area contributed by atoms with E-state index in [0.29, 0.717) is 30.2 Å². The Bertz CT molecular complexity index is 1130. The van der Waals surface area contributed by atoms with Gasteiger partial charge < -0.3 is 25.4 Å². The highest BCUT2D eigenvalue weighted by Gasteiger charge is 2.34. The van der Waals surface area contributed by atoms with E-state index in [-0.39, 0.29) is 6.42 Å². The zero-order valence-electron chi connectivity index (χ0n) is 23.6. The van der Waals surface area contributed by atoms with Crippen molar-refractivity contribution >= 4 is 29.3 Å². The first-order valence-corrected chi connectivity index (χ1v) is 14.2. The molecule has 0 saturated carbocycles. The van der Waals surface area contributed by atoms with Crippen LogP contribution in [0.2, 0.25) is 5.02 Å². The van der Waals surface area contributed by atoms with Crippen LogP contribution in [0.5, 0.6) is 0 Å². The Kier molecular flexibility index (Phi) is 12.1. The summed E-state index contributed by atoms with van der Waals surface area (Å²) in [7, 11) is 1.46. The Balaban J connectivity index is 1.57. The molecule has 0 bridgehead atoms. The van der Waals surface area contributed by atoms with E-state index in [4.69, 9.17) is 21.3 Å². The summed E-state index contributed by atoms with van der Waals surface area (Å²) < 4.78 is 18.7. The number of carboxylic acid groups (broad SMARTS) is 1. The highest BCUT2D eigenvalue weighted by Crippen LogP contribution is 2.29. The lowest BCUT2D eigenvalue weighted by Crippen LogP contribution is -2.49. The number of hydrogen-bond acceptors (Lipinski definition) is 7. The van der Waals surface area contributed by atoms with Crippen molar-refractivity contribution in [3.8, 4) is 0 Å². The number of aliphatic carboxylic acids is 1. The van der Waals surface area contributed by atoms with Crippen molar-refractivity contribution in [3.63, 3.8) is 0 Å². The molecule has 0 spiro atoms. The van der Waals surface area contributed by atoms with Crippen LogP contribution in [0.25, 0.3) is 0 Å². The molecule has 0 radical (unpaired) electrons. The van der Waals surface area contributed by atoms with Gasteiger partial charge >= 0.3 is 5.97 Å². The van der Waals surface area contributed by atoms with Crippen molar-refractivity contribution in [2.75, 3.05) is 45.3 Å². The number of fused-ring (bicyclic) bond motifs is 1. The zero-order chi connectivity index (χ0) is 29.1. The van der Waals surface area contributed by atoms with Gasteiger partial charge in [-0.3, -0.25) is 9.78 Å². The third-order valence-electron chi connectivity index (χ3n) is 7.43. The summed E-state index contributed by atoms with van der Waals surface area (Å²) in [5.41, 5.74) is 1.78. The second kappa shape index (κ2) is 15.3. The number of alkyl halides is 1. The van der Waals surface area contributed by atoms with E-state index >= 15 is 0 Å². The van der Waals surface area contributed by atoms with Crippen LogP contribution in [0.4, 0.5) is 10.2 Å². The first-order chi connectivity index (χ1) is 19.1. The van der Waals surface area contributed by atoms with Crippen LogP contribution in [0, 0.1) is 0 Å². The van der Waals surface area contributed by atoms with Gasteiger partial charge in [-0.1, -0.05) is 17.7 Å². The molecule has 1 aliphatic rings. The average molecular weight is 578 g/mol. The molecule has 2 aromatic rings. The number of aromatic nitrogens is 2. The van der Waals surface area contributed by atoms with Gasteiger partial charge in [-0.2, -0.15) is 0 Å². The predicted octanol–water partition coefficient (Wildman–Crippen LogP) is 4.03. The Morgan fingerprint density at radius 2 is 2.08 bits per heavy atom. The van der Waals surface area contributed by atoms with Crippen molar-refractivity contribution in [3.05, 3.63) is 52.4 Å². The fourth-order valence-electron chi connectivity index (χ4n) is 4.83. The zero-order valence-corrected chi connectivity index (χ0v) is 24.3. The first-order valence-electron chi connectivity index (χ1n) is 13.8. The van der Waals surface area contributed by atoms with E-state index in [1.165, 1.54) is 18.9 Å². The number of hydrogen-bond donors (Lipinski definition) is 3. The molecular formula is C29H41ClFN5O4. The van der Waals surface area contributed by atoms with Gasteiger partial charge in [0.1, 0.15) is 18.5 Å². The van der Waals surface area contributed by atoms with E-state index in [2.05, 4.69) is 27.8 Å². The number of carboxylic acids is 1. The molecule has 2 aromatic heterocycles. The fourth-order valence-corrected chi connectivity index (χ4v) is 5.19. The van der Waals surface area contributed by atoms with Gasteiger partial charge in [-0.25, -0.2) is 14.2 Å². The number of rotatable bonds is 16.